The van der Waals surface area contributed by atoms with Crippen molar-refractivity contribution in [3.63, 3.8) is 0 Å². The summed E-state index contributed by atoms with van der Waals surface area (Å²) in [4.78, 5) is 19.4. The number of hydrogen-bond acceptors (Lipinski definition) is 7. The first-order chi connectivity index (χ1) is 14.2. The number of likely N-dealkylation sites (N-methyl/N-ethyl adjacent to an activating group) is 1. The Labute approximate surface area is 171 Å². The Kier molecular flexibility index (Phi) is 4.71. The van der Waals surface area contributed by atoms with Crippen molar-refractivity contribution in [2.24, 2.45) is 7.05 Å². The van der Waals surface area contributed by atoms with E-state index in [0.29, 0.717) is 0 Å². The van der Waals surface area contributed by atoms with Crippen LogP contribution in [0.4, 0.5) is 17.5 Å². The van der Waals surface area contributed by atoms with Gasteiger partial charge in [0, 0.05) is 65.1 Å². The number of aromatic nitrogens is 4. The Bertz CT molecular complexity index is 969. The molecule has 0 radical (unpaired) electrons. The Morgan fingerprint density at radius 2 is 1.38 bits per heavy atom. The molecule has 0 unspecified atom stereocenters. The maximum Gasteiger partial charge on any atom is 0.229 e. The van der Waals surface area contributed by atoms with Gasteiger partial charge in [0.05, 0.1) is 11.6 Å². The molecular formula is C21H28N8. The van der Waals surface area contributed by atoms with E-state index in [-0.39, 0.29) is 0 Å². The minimum absolute atomic E-state index is 0.828. The maximum atomic E-state index is 5.03. The number of fused-ring (bicyclic) bond motifs is 1. The number of anilines is 3. The van der Waals surface area contributed by atoms with E-state index in [1.807, 2.05) is 17.9 Å². The minimum atomic E-state index is 0.828. The molecule has 0 saturated carbocycles. The number of benzene rings is 1. The lowest BCUT2D eigenvalue weighted by atomic mass is 10.2. The van der Waals surface area contributed by atoms with Gasteiger partial charge in [0.2, 0.25) is 5.95 Å². The zero-order chi connectivity index (χ0) is 19.8. The summed E-state index contributed by atoms with van der Waals surface area (Å²) in [5, 5.41) is 5.50. The van der Waals surface area contributed by atoms with E-state index in [1.165, 1.54) is 5.69 Å². The normalized spacial score (nSPS) is 18.6. The van der Waals surface area contributed by atoms with Crippen molar-refractivity contribution in [3.05, 3.63) is 36.5 Å². The average Bonchev–Trinajstić information content (AvgIpc) is 3.15. The lowest BCUT2D eigenvalue weighted by Crippen LogP contribution is -2.47. The van der Waals surface area contributed by atoms with Crippen LogP contribution in [0.5, 0.6) is 0 Å². The monoisotopic (exact) mass is 392 g/mol. The highest BCUT2D eigenvalue weighted by atomic mass is 15.4. The van der Waals surface area contributed by atoms with Crippen molar-refractivity contribution in [1.29, 1.82) is 0 Å². The summed E-state index contributed by atoms with van der Waals surface area (Å²) >= 11 is 0. The molecule has 152 valence electrons. The van der Waals surface area contributed by atoms with Crippen molar-refractivity contribution >= 4 is 28.5 Å². The molecule has 0 bridgehead atoms. The van der Waals surface area contributed by atoms with E-state index in [4.69, 9.17) is 9.97 Å². The summed E-state index contributed by atoms with van der Waals surface area (Å²) < 4.78 is 1.86. The van der Waals surface area contributed by atoms with Crippen LogP contribution in [0.3, 0.4) is 0 Å². The van der Waals surface area contributed by atoms with Gasteiger partial charge in [-0.1, -0.05) is 18.2 Å². The summed E-state index contributed by atoms with van der Waals surface area (Å²) in [6.07, 6.45) is 1.90. The molecule has 2 saturated heterocycles. The summed E-state index contributed by atoms with van der Waals surface area (Å²) in [5.41, 5.74) is 2.20. The number of para-hydroxylation sites is 1. The minimum Gasteiger partial charge on any atom is -0.368 e. The smallest absolute Gasteiger partial charge is 0.229 e. The predicted octanol–water partition coefficient (Wildman–Crippen LogP) is 1.44. The van der Waals surface area contributed by atoms with Gasteiger partial charge < -0.3 is 19.6 Å². The first-order valence-electron chi connectivity index (χ1n) is 10.4. The maximum absolute atomic E-state index is 5.03. The largest absolute Gasteiger partial charge is 0.368 e. The number of rotatable bonds is 3. The van der Waals surface area contributed by atoms with Crippen molar-refractivity contribution in [2.45, 2.75) is 0 Å². The van der Waals surface area contributed by atoms with Gasteiger partial charge in [-0.2, -0.15) is 15.1 Å². The van der Waals surface area contributed by atoms with Gasteiger partial charge in [-0.15, -0.1) is 0 Å². The highest BCUT2D eigenvalue weighted by molar-refractivity contribution is 5.88. The van der Waals surface area contributed by atoms with Gasteiger partial charge in [-0.3, -0.25) is 4.68 Å². The third-order valence-corrected chi connectivity index (χ3v) is 6.05. The van der Waals surface area contributed by atoms with Crippen molar-refractivity contribution in [3.8, 4) is 0 Å². The molecule has 8 heteroatoms. The number of hydrogen-bond donors (Lipinski definition) is 0. The fourth-order valence-electron chi connectivity index (χ4n) is 4.20. The second-order valence-electron chi connectivity index (χ2n) is 7.95. The third-order valence-electron chi connectivity index (χ3n) is 6.05. The van der Waals surface area contributed by atoms with Gasteiger partial charge in [0.15, 0.2) is 5.65 Å². The molecule has 2 fully saturated rings. The standard InChI is InChI=1S/C21H28N8/c1-25-8-10-29(11-9-25)21-23-19-18(16-22-26(19)2)20(24-21)28-14-12-27(13-15-28)17-6-4-3-5-7-17/h3-7,16H,8-15H2,1-2H3. The van der Waals surface area contributed by atoms with E-state index in [9.17, 15) is 0 Å². The Balaban J connectivity index is 1.42. The summed E-state index contributed by atoms with van der Waals surface area (Å²) in [7, 11) is 4.13. The molecule has 8 nitrogen and oxygen atoms in total. The highest BCUT2D eigenvalue weighted by Crippen LogP contribution is 2.28. The van der Waals surface area contributed by atoms with E-state index < -0.39 is 0 Å². The molecule has 2 aromatic heterocycles. The Morgan fingerprint density at radius 1 is 0.724 bits per heavy atom. The topological polar surface area (TPSA) is 56.6 Å². The highest BCUT2D eigenvalue weighted by Gasteiger charge is 2.24. The second kappa shape index (κ2) is 7.51. The van der Waals surface area contributed by atoms with Crippen LogP contribution >= 0.6 is 0 Å². The van der Waals surface area contributed by atoms with Gasteiger partial charge >= 0.3 is 0 Å². The molecular weight excluding hydrogens is 364 g/mol. The van der Waals surface area contributed by atoms with Crippen LogP contribution in [-0.2, 0) is 7.05 Å². The predicted molar refractivity (Wildman–Crippen MR) is 117 cm³/mol. The summed E-state index contributed by atoms with van der Waals surface area (Å²) in [6.45, 7) is 7.85. The molecule has 0 spiro atoms. The molecule has 1 aromatic carbocycles. The zero-order valence-corrected chi connectivity index (χ0v) is 17.2. The van der Waals surface area contributed by atoms with Crippen molar-refractivity contribution in [1.82, 2.24) is 24.6 Å². The van der Waals surface area contributed by atoms with E-state index in [0.717, 1.165) is 75.2 Å². The molecule has 2 aliphatic rings. The van der Waals surface area contributed by atoms with Crippen LogP contribution in [0, 0.1) is 0 Å². The number of nitrogens with zero attached hydrogens (tertiary/aromatic N) is 8. The zero-order valence-electron chi connectivity index (χ0n) is 17.2. The first kappa shape index (κ1) is 18.2. The van der Waals surface area contributed by atoms with Gasteiger partial charge in [0.25, 0.3) is 0 Å². The number of piperazine rings is 2. The Morgan fingerprint density at radius 3 is 2.10 bits per heavy atom. The molecule has 2 aliphatic heterocycles. The lowest BCUT2D eigenvalue weighted by Gasteiger charge is -2.37. The molecule has 5 rings (SSSR count). The fourth-order valence-corrected chi connectivity index (χ4v) is 4.20. The van der Waals surface area contributed by atoms with Gasteiger partial charge in [-0.25, -0.2) is 0 Å². The SMILES string of the molecule is CN1CCN(c2nc(N3CCN(c4ccccc4)CC3)c3cnn(C)c3n2)CC1. The van der Waals surface area contributed by atoms with Crippen molar-refractivity contribution < 1.29 is 0 Å². The molecule has 0 atom stereocenters. The van der Waals surface area contributed by atoms with Crippen LogP contribution in [0.2, 0.25) is 0 Å². The van der Waals surface area contributed by atoms with Gasteiger partial charge in [0.1, 0.15) is 5.82 Å². The van der Waals surface area contributed by atoms with E-state index in [2.05, 4.69) is 62.1 Å². The fraction of sp³-hybridized carbons (Fsp3) is 0.476. The van der Waals surface area contributed by atoms with Crippen LogP contribution in [-0.4, -0.2) is 84.1 Å². The van der Waals surface area contributed by atoms with Gasteiger partial charge in [-0.05, 0) is 19.2 Å². The van der Waals surface area contributed by atoms with Crippen LogP contribution in [0.25, 0.3) is 11.0 Å². The molecule has 0 aliphatic carbocycles. The molecule has 4 heterocycles. The van der Waals surface area contributed by atoms with Crippen LogP contribution < -0.4 is 14.7 Å². The first-order valence-corrected chi connectivity index (χ1v) is 10.4. The third kappa shape index (κ3) is 3.48. The lowest BCUT2D eigenvalue weighted by molar-refractivity contribution is 0.311. The molecule has 0 N–H and O–H groups in total. The summed E-state index contributed by atoms with van der Waals surface area (Å²) in [6, 6.07) is 10.7. The van der Waals surface area contributed by atoms with E-state index in [1.54, 1.807) is 0 Å². The molecule has 0 amide bonds. The van der Waals surface area contributed by atoms with Crippen LogP contribution in [0.1, 0.15) is 0 Å². The summed E-state index contributed by atoms with van der Waals surface area (Å²) in [5.74, 6) is 1.85. The molecule has 29 heavy (non-hydrogen) atoms. The van der Waals surface area contributed by atoms with E-state index >= 15 is 0 Å². The second-order valence-corrected chi connectivity index (χ2v) is 7.95. The average molecular weight is 393 g/mol. The number of aryl methyl sites for hydroxylation is 1. The molecule has 3 aromatic rings. The van der Waals surface area contributed by atoms with Crippen LogP contribution in [0.15, 0.2) is 36.5 Å². The van der Waals surface area contributed by atoms with Crippen molar-refractivity contribution in [2.75, 3.05) is 74.1 Å². The quantitative estimate of drug-likeness (QED) is 0.669. The Hall–Kier alpha value is -2.87.